The lowest BCUT2D eigenvalue weighted by Gasteiger charge is -2.14. The average molecular weight is 244 g/mol. The van der Waals surface area contributed by atoms with Crippen molar-refractivity contribution in [2.75, 3.05) is 10.6 Å². The number of rotatable bonds is 4. The molecule has 1 aromatic heterocycles. The highest BCUT2D eigenvalue weighted by molar-refractivity contribution is 5.89. The fourth-order valence-electron chi connectivity index (χ4n) is 1.74. The molecular formula is C14H16N2O2. The van der Waals surface area contributed by atoms with Crippen molar-refractivity contribution in [3.8, 4) is 0 Å². The minimum Gasteiger partial charge on any atom is -0.472 e. The van der Waals surface area contributed by atoms with E-state index in [0.717, 1.165) is 16.9 Å². The van der Waals surface area contributed by atoms with Gasteiger partial charge in [-0.15, -0.1) is 0 Å². The average Bonchev–Trinajstić information content (AvgIpc) is 2.81. The molecule has 0 spiro atoms. The van der Waals surface area contributed by atoms with Crippen LogP contribution in [0.2, 0.25) is 0 Å². The number of benzene rings is 1. The Balaban J connectivity index is 2.07. The molecule has 0 fully saturated rings. The van der Waals surface area contributed by atoms with Crippen LogP contribution in [0.4, 0.5) is 11.4 Å². The van der Waals surface area contributed by atoms with Gasteiger partial charge in [-0.1, -0.05) is 6.07 Å². The summed E-state index contributed by atoms with van der Waals surface area (Å²) in [5.74, 6) is -0.0740. The molecule has 0 aliphatic rings. The van der Waals surface area contributed by atoms with E-state index in [9.17, 15) is 4.79 Å². The number of nitrogens with one attached hydrogen (secondary N) is 2. The van der Waals surface area contributed by atoms with Crippen molar-refractivity contribution >= 4 is 17.3 Å². The van der Waals surface area contributed by atoms with Crippen LogP contribution in [0.5, 0.6) is 0 Å². The van der Waals surface area contributed by atoms with E-state index in [0.29, 0.717) is 0 Å². The molecule has 0 radical (unpaired) electrons. The third-order valence-electron chi connectivity index (χ3n) is 2.61. The summed E-state index contributed by atoms with van der Waals surface area (Å²) in [5.41, 5.74) is 2.82. The topological polar surface area (TPSA) is 54.3 Å². The summed E-state index contributed by atoms with van der Waals surface area (Å²) in [7, 11) is 0. The number of hydrogen-bond acceptors (Lipinski definition) is 3. The molecule has 1 atom stereocenters. The van der Waals surface area contributed by atoms with E-state index in [4.69, 9.17) is 4.42 Å². The molecule has 0 aliphatic heterocycles. The zero-order valence-electron chi connectivity index (χ0n) is 10.4. The second-order valence-electron chi connectivity index (χ2n) is 4.18. The Labute approximate surface area is 106 Å². The summed E-state index contributed by atoms with van der Waals surface area (Å²) in [5, 5.41) is 6.10. The first-order valence-corrected chi connectivity index (χ1v) is 5.81. The molecule has 1 heterocycles. The number of carbonyl (C=O) groups excluding carboxylic acids is 1. The molecule has 1 unspecified atom stereocenters. The number of anilines is 2. The first-order chi connectivity index (χ1) is 8.65. The molecule has 0 saturated carbocycles. The van der Waals surface area contributed by atoms with Crippen molar-refractivity contribution in [3.05, 3.63) is 48.4 Å². The van der Waals surface area contributed by atoms with Gasteiger partial charge in [-0.25, -0.2) is 0 Å². The Morgan fingerprint density at radius 1 is 1.28 bits per heavy atom. The predicted octanol–water partition coefficient (Wildman–Crippen LogP) is 3.41. The van der Waals surface area contributed by atoms with Crippen molar-refractivity contribution < 1.29 is 9.21 Å². The maximum atomic E-state index is 11.0. The first kappa shape index (κ1) is 12.2. The summed E-state index contributed by atoms with van der Waals surface area (Å²) in [6.07, 6.45) is 3.37. The van der Waals surface area contributed by atoms with Gasteiger partial charge in [0.05, 0.1) is 18.6 Å². The smallest absolute Gasteiger partial charge is 0.221 e. The van der Waals surface area contributed by atoms with E-state index >= 15 is 0 Å². The van der Waals surface area contributed by atoms with Crippen LogP contribution in [-0.2, 0) is 4.79 Å². The third kappa shape index (κ3) is 3.13. The quantitative estimate of drug-likeness (QED) is 0.866. The minimum absolute atomic E-state index is 0.0740. The van der Waals surface area contributed by atoms with Gasteiger partial charge in [-0.2, -0.15) is 0 Å². The number of furan rings is 1. The highest BCUT2D eigenvalue weighted by Gasteiger charge is 2.06. The SMILES string of the molecule is CC(=O)Nc1cccc(NC(C)c2ccoc2)c1. The van der Waals surface area contributed by atoms with Crippen LogP contribution in [0, 0.1) is 0 Å². The molecule has 0 bridgehead atoms. The molecule has 1 aromatic carbocycles. The maximum Gasteiger partial charge on any atom is 0.221 e. The van der Waals surface area contributed by atoms with Crippen LogP contribution in [0.3, 0.4) is 0 Å². The van der Waals surface area contributed by atoms with Crippen LogP contribution in [0.15, 0.2) is 47.3 Å². The molecule has 94 valence electrons. The second-order valence-corrected chi connectivity index (χ2v) is 4.18. The van der Waals surface area contributed by atoms with Crippen LogP contribution in [0.1, 0.15) is 25.5 Å². The number of hydrogen-bond donors (Lipinski definition) is 2. The van der Waals surface area contributed by atoms with Gasteiger partial charge in [0.1, 0.15) is 0 Å². The lowest BCUT2D eigenvalue weighted by Crippen LogP contribution is -2.08. The summed E-state index contributed by atoms with van der Waals surface area (Å²) >= 11 is 0. The van der Waals surface area contributed by atoms with Crippen LogP contribution in [0.25, 0.3) is 0 Å². The fourth-order valence-corrected chi connectivity index (χ4v) is 1.74. The molecule has 1 amide bonds. The first-order valence-electron chi connectivity index (χ1n) is 5.81. The van der Waals surface area contributed by atoms with Crippen molar-refractivity contribution in [2.45, 2.75) is 19.9 Å². The molecule has 2 rings (SSSR count). The van der Waals surface area contributed by atoms with Crippen molar-refractivity contribution in [2.24, 2.45) is 0 Å². The van der Waals surface area contributed by atoms with E-state index in [1.165, 1.54) is 6.92 Å². The van der Waals surface area contributed by atoms with Gasteiger partial charge in [0.25, 0.3) is 0 Å². The fraction of sp³-hybridized carbons (Fsp3) is 0.214. The standard InChI is InChI=1S/C14H16N2O2/c1-10(12-6-7-18-9-12)15-13-4-3-5-14(8-13)16-11(2)17/h3-10,15H,1-2H3,(H,16,17). The molecule has 2 aromatic rings. The number of carbonyl (C=O) groups is 1. The van der Waals surface area contributed by atoms with E-state index in [2.05, 4.69) is 17.6 Å². The lowest BCUT2D eigenvalue weighted by molar-refractivity contribution is -0.114. The van der Waals surface area contributed by atoms with Crippen LogP contribution >= 0.6 is 0 Å². The normalized spacial score (nSPS) is 11.9. The van der Waals surface area contributed by atoms with Gasteiger partial charge in [-0.3, -0.25) is 4.79 Å². The Kier molecular flexibility index (Phi) is 3.67. The van der Waals surface area contributed by atoms with E-state index in [1.807, 2.05) is 30.3 Å². The summed E-state index contributed by atoms with van der Waals surface area (Å²) < 4.78 is 5.05. The largest absolute Gasteiger partial charge is 0.472 e. The third-order valence-corrected chi connectivity index (χ3v) is 2.61. The van der Waals surface area contributed by atoms with Crippen molar-refractivity contribution in [3.63, 3.8) is 0 Å². The Bertz CT molecular complexity index is 520. The Morgan fingerprint density at radius 3 is 2.72 bits per heavy atom. The van der Waals surface area contributed by atoms with Gasteiger partial charge in [0.2, 0.25) is 5.91 Å². The molecule has 18 heavy (non-hydrogen) atoms. The second kappa shape index (κ2) is 5.40. The summed E-state index contributed by atoms with van der Waals surface area (Å²) in [6.45, 7) is 3.55. The molecule has 4 nitrogen and oxygen atoms in total. The van der Waals surface area contributed by atoms with Crippen molar-refractivity contribution in [1.29, 1.82) is 0 Å². The van der Waals surface area contributed by atoms with E-state index in [-0.39, 0.29) is 11.9 Å². The van der Waals surface area contributed by atoms with Gasteiger partial charge < -0.3 is 15.1 Å². The summed E-state index contributed by atoms with van der Waals surface area (Å²) in [4.78, 5) is 11.0. The molecule has 0 saturated heterocycles. The van der Waals surface area contributed by atoms with Gasteiger partial charge in [-0.05, 0) is 31.2 Å². The van der Waals surface area contributed by atoms with Gasteiger partial charge in [0.15, 0.2) is 0 Å². The Hall–Kier alpha value is -2.23. The monoisotopic (exact) mass is 244 g/mol. The zero-order chi connectivity index (χ0) is 13.0. The predicted molar refractivity (Wildman–Crippen MR) is 71.5 cm³/mol. The Morgan fingerprint density at radius 2 is 2.06 bits per heavy atom. The summed E-state index contributed by atoms with van der Waals surface area (Å²) in [6, 6.07) is 9.69. The highest BCUT2D eigenvalue weighted by Crippen LogP contribution is 2.21. The maximum absolute atomic E-state index is 11.0. The van der Waals surface area contributed by atoms with Crippen molar-refractivity contribution in [1.82, 2.24) is 0 Å². The van der Waals surface area contributed by atoms with Crippen LogP contribution < -0.4 is 10.6 Å². The minimum atomic E-state index is -0.0740. The van der Waals surface area contributed by atoms with E-state index < -0.39 is 0 Å². The molecule has 2 N–H and O–H groups in total. The van der Waals surface area contributed by atoms with E-state index in [1.54, 1.807) is 12.5 Å². The zero-order valence-corrected chi connectivity index (χ0v) is 10.4. The highest BCUT2D eigenvalue weighted by atomic mass is 16.3. The molecule has 0 aliphatic carbocycles. The lowest BCUT2D eigenvalue weighted by atomic mass is 10.1. The molecule has 4 heteroatoms. The number of amides is 1. The van der Waals surface area contributed by atoms with Crippen LogP contribution in [-0.4, -0.2) is 5.91 Å². The van der Waals surface area contributed by atoms with Gasteiger partial charge >= 0.3 is 0 Å². The molecular weight excluding hydrogens is 228 g/mol. The van der Waals surface area contributed by atoms with Gasteiger partial charge in [0, 0.05) is 23.9 Å².